The number of ether oxygens (including phenoxy) is 1. The first-order chi connectivity index (χ1) is 10.4. The van der Waals surface area contributed by atoms with Gasteiger partial charge in [-0.25, -0.2) is 0 Å². The number of hydrogen-bond donors (Lipinski definition) is 2. The molecule has 1 saturated heterocycles. The van der Waals surface area contributed by atoms with E-state index in [2.05, 4.69) is 5.10 Å². The SMILES string of the molecule is O=C(c1cc(C(F)(F)F)[nH]n1)N1CCOC2C[C@H](CO)C[C@@H]21. The molecule has 1 saturated carbocycles. The molecule has 3 atom stereocenters. The van der Waals surface area contributed by atoms with E-state index < -0.39 is 17.8 Å². The standard InChI is InChI=1S/C13H16F3N3O3/c14-13(15,16)11-5-8(17-18-11)12(21)19-1-2-22-10-4-7(6-20)3-9(10)19/h5,7,9-10,20H,1-4,6H2,(H,17,18)/t7-,9+,10?/m1/s1. The number of aromatic amines is 1. The Labute approximate surface area is 124 Å². The molecule has 2 heterocycles. The molecule has 9 heteroatoms. The first-order valence-corrected chi connectivity index (χ1v) is 7.06. The number of nitrogens with zero attached hydrogens (tertiary/aromatic N) is 2. The van der Waals surface area contributed by atoms with Crippen molar-refractivity contribution in [3.05, 3.63) is 17.5 Å². The first kappa shape index (κ1) is 15.3. The highest BCUT2D eigenvalue weighted by Crippen LogP contribution is 2.35. The second-order valence-electron chi connectivity index (χ2n) is 5.66. The third kappa shape index (κ3) is 2.70. The van der Waals surface area contributed by atoms with Crippen LogP contribution in [-0.2, 0) is 10.9 Å². The Hall–Kier alpha value is -1.61. The number of carbonyl (C=O) groups is 1. The molecule has 2 fully saturated rings. The third-order valence-electron chi connectivity index (χ3n) is 4.26. The van der Waals surface area contributed by atoms with Crippen LogP contribution in [0.2, 0.25) is 0 Å². The monoisotopic (exact) mass is 319 g/mol. The van der Waals surface area contributed by atoms with E-state index in [4.69, 9.17) is 4.74 Å². The topological polar surface area (TPSA) is 78.5 Å². The number of aliphatic hydroxyl groups is 1. The summed E-state index contributed by atoms with van der Waals surface area (Å²) in [5, 5.41) is 14.6. The number of H-pyrrole nitrogens is 1. The number of nitrogens with one attached hydrogen (secondary N) is 1. The summed E-state index contributed by atoms with van der Waals surface area (Å²) in [5.41, 5.74) is -1.29. The number of rotatable bonds is 2. The zero-order chi connectivity index (χ0) is 15.9. The molecule has 3 rings (SSSR count). The summed E-state index contributed by atoms with van der Waals surface area (Å²) in [6.07, 6.45) is -3.49. The summed E-state index contributed by atoms with van der Waals surface area (Å²) in [7, 11) is 0. The molecule has 22 heavy (non-hydrogen) atoms. The van der Waals surface area contributed by atoms with Crippen molar-refractivity contribution in [2.45, 2.75) is 31.2 Å². The van der Waals surface area contributed by atoms with Crippen LogP contribution in [0.25, 0.3) is 0 Å². The molecule has 0 radical (unpaired) electrons. The number of alkyl halides is 3. The fourth-order valence-electron chi connectivity index (χ4n) is 3.18. The minimum absolute atomic E-state index is 0.0129. The van der Waals surface area contributed by atoms with Crippen LogP contribution in [0.3, 0.4) is 0 Å². The molecule has 1 aromatic rings. The summed E-state index contributed by atoms with van der Waals surface area (Å²) in [6.45, 7) is 0.660. The molecule has 0 aromatic carbocycles. The minimum atomic E-state index is -4.56. The first-order valence-electron chi connectivity index (χ1n) is 7.06. The van der Waals surface area contributed by atoms with Crippen LogP contribution in [0, 0.1) is 5.92 Å². The van der Waals surface area contributed by atoms with Gasteiger partial charge in [-0.2, -0.15) is 18.3 Å². The molecule has 122 valence electrons. The zero-order valence-corrected chi connectivity index (χ0v) is 11.6. The molecule has 0 spiro atoms. The normalized spacial score (nSPS) is 28.7. The summed E-state index contributed by atoms with van der Waals surface area (Å²) in [6, 6.07) is 0.509. The predicted octanol–water partition coefficient (Wildman–Crippen LogP) is 1.04. The van der Waals surface area contributed by atoms with Crippen molar-refractivity contribution < 1.29 is 27.8 Å². The highest BCUT2D eigenvalue weighted by atomic mass is 19.4. The Kier molecular flexibility index (Phi) is 3.85. The van der Waals surface area contributed by atoms with Gasteiger partial charge in [0, 0.05) is 19.2 Å². The van der Waals surface area contributed by atoms with Gasteiger partial charge >= 0.3 is 6.18 Å². The number of fused-ring (bicyclic) bond motifs is 1. The highest BCUT2D eigenvalue weighted by molar-refractivity contribution is 5.92. The highest BCUT2D eigenvalue weighted by Gasteiger charge is 2.43. The van der Waals surface area contributed by atoms with Crippen LogP contribution in [0.5, 0.6) is 0 Å². The molecule has 1 aliphatic heterocycles. The van der Waals surface area contributed by atoms with E-state index in [1.807, 2.05) is 5.10 Å². The predicted molar refractivity (Wildman–Crippen MR) is 68.0 cm³/mol. The van der Waals surface area contributed by atoms with Crippen LogP contribution in [0.4, 0.5) is 13.2 Å². The van der Waals surface area contributed by atoms with E-state index in [0.717, 1.165) is 6.07 Å². The van der Waals surface area contributed by atoms with Crippen molar-refractivity contribution in [3.8, 4) is 0 Å². The number of hydrogen-bond acceptors (Lipinski definition) is 4. The maximum atomic E-state index is 12.6. The van der Waals surface area contributed by atoms with Crippen molar-refractivity contribution >= 4 is 5.91 Å². The molecule has 0 bridgehead atoms. The lowest BCUT2D eigenvalue weighted by Gasteiger charge is -2.37. The third-order valence-corrected chi connectivity index (χ3v) is 4.26. The second kappa shape index (κ2) is 5.54. The molecule has 6 nitrogen and oxygen atoms in total. The van der Waals surface area contributed by atoms with Crippen LogP contribution >= 0.6 is 0 Å². The van der Waals surface area contributed by atoms with Crippen molar-refractivity contribution in [1.29, 1.82) is 0 Å². The molecule has 1 amide bonds. The molecule has 1 aromatic heterocycles. The Balaban J connectivity index is 1.78. The molecular formula is C13H16F3N3O3. The fraction of sp³-hybridized carbons (Fsp3) is 0.692. The number of morpholine rings is 1. The Bertz CT molecular complexity index is 560. The largest absolute Gasteiger partial charge is 0.432 e. The van der Waals surface area contributed by atoms with Crippen LogP contribution < -0.4 is 0 Å². The van der Waals surface area contributed by atoms with Crippen molar-refractivity contribution in [3.63, 3.8) is 0 Å². The van der Waals surface area contributed by atoms with Gasteiger partial charge < -0.3 is 14.7 Å². The molecule has 2 aliphatic rings. The van der Waals surface area contributed by atoms with Crippen LogP contribution in [-0.4, -0.2) is 58.0 Å². The van der Waals surface area contributed by atoms with E-state index in [9.17, 15) is 23.1 Å². The molecule has 1 unspecified atom stereocenters. The van der Waals surface area contributed by atoms with E-state index in [-0.39, 0.29) is 30.4 Å². The van der Waals surface area contributed by atoms with Gasteiger partial charge in [0.1, 0.15) is 5.69 Å². The molecule has 2 N–H and O–H groups in total. The van der Waals surface area contributed by atoms with Crippen molar-refractivity contribution in [1.82, 2.24) is 15.1 Å². The average molecular weight is 319 g/mol. The van der Waals surface area contributed by atoms with E-state index in [1.165, 1.54) is 4.90 Å². The van der Waals surface area contributed by atoms with Gasteiger partial charge in [0.25, 0.3) is 5.91 Å². The van der Waals surface area contributed by atoms with Crippen LogP contribution in [0.15, 0.2) is 6.07 Å². The van der Waals surface area contributed by atoms with Gasteiger partial charge in [0.05, 0.1) is 18.8 Å². The average Bonchev–Trinajstić information content (AvgIpc) is 3.11. The summed E-state index contributed by atoms with van der Waals surface area (Å²) in [4.78, 5) is 13.9. The Morgan fingerprint density at radius 3 is 2.91 bits per heavy atom. The Morgan fingerprint density at radius 2 is 2.27 bits per heavy atom. The lowest BCUT2D eigenvalue weighted by molar-refractivity contribution is -0.141. The zero-order valence-electron chi connectivity index (χ0n) is 11.6. The lowest BCUT2D eigenvalue weighted by atomic mass is 10.1. The smallest absolute Gasteiger partial charge is 0.396 e. The summed E-state index contributed by atoms with van der Waals surface area (Å²) >= 11 is 0. The maximum absolute atomic E-state index is 12.6. The molecular weight excluding hydrogens is 303 g/mol. The quantitative estimate of drug-likeness (QED) is 0.854. The number of aromatic nitrogens is 2. The maximum Gasteiger partial charge on any atom is 0.432 e. The number of amides is 1. The van der Waals surface area contributed by atoms with Gasteiger partial charge in [0.2, 0.25) is 0 Å². The van der Waals surface area contributed by atoms with Crippen LogP contribution in [0.1, 0.15) is 29.0 Å². The van der Waals surface area contributed by atoms with E-state index >= 15 is 0 Å². The van der Waals surface area contributed by atoms with Gasteiger partial charge in [0.15, 0.2) is 5.69 Å². The number of halogens is 3. The summed E-state index contributed by atoms with van der Waals surface area (Å²) in [5.74, 6) is -0.489. The minimum Gasteiger partial charge on any atom is -0.396 e. The van der Waals surface area contributed by atoms with Gasteiger partial charge in [-0.1, -0.05) is 0 Å². The van der Waals surface area contributed by atoms with Crippen molar-refractivity contribution in [2.24, 2.45) is 5.92 Å². The van der Waals surface area contributed by atoms with Gasteiger partial charge in [-0.15, -0.1) is 0 Å². The van der Waals surface area contributed by atoms with E-state index in [1.54, 1.807) is 0 Å². The van der Waals surface area contributed by atoms with Gasteiger partial charge in [-0.3, -0.25) is 9.89 Å². The lowest BCUT2D eigenvalue weighted by Crippen LogP contribution is -2.51. The number of carbonyl (C=O) groups excluding carboxylic acids is 1. The van der Waals surface area contributed by atoms with E-state index in [0.29, 0.717) is 26.0 Å². The Morgan fingerprint density at radius 1 is 1.50 bits per heavy atom. The fourth-order valence-corrected chi connectivity index (χ4v) is 3.18. The second-order valence-corrected chi connectivity index (χ2v) is 5.66. The van der Waals surface area contributed by atoms with Crippen molar-refractivity contribution in [2.75, 3.05) is 19.8 Å². The summed E-state index contributed by atoms with van der Waals surface area (Å²) < 4.78 is 43.3. The van der Waals surface area contributed by atoms with Gasteiger partial charge in [-0.05, 0) is 18.8 Å². The number of aliphatic hydroxyl groups excluding tert-OH is 1. The molecule has 1 aliphatic carbocycles.